The second-order valence-electron chi connectivity index (χ2n) is 8.30. The lowest BCUT2D eigenvalue weighted by molar-refractivity contribution is -0.0307. The molecule has 2 bridgehead atoms. The maximum Gasteiger partial charge on any atom is 0.414 e. The highest BCUT2D eigenvalue weighted by atomic mass is 19.1. The highest BCUT2D eigenvalue weighted by Crippen LogP contribution is 2.35. The number of carbonyl (C=O) groups is 2. The minimum atomic E-state index is -0.435. The zero-order valence-electron chi connectivity index (χ0n) is 16.9. The number of anilines is 2. The first-order valence-corrected chi connectivity index (χ1v) is 10.4. The van der Waals surface area contributed by atoms with Gasteiger partial charge in [-0.2, -0.15) is 0 Å². The second-order valence-corrected chi connectivity index (χ2v) is 8.30. The fraction of sp³-hybridized carbons (Fsp3) is 0.391. The molecule has 30 heavy (non-hydrogen) atoms. The highest BCUT2D eigenvalue weighted by molar-refractivity contribution is 6.14. The van der Waals surface area contributed by atoms with Gasteiger partial charge in [0.25, 0.3) is 5.91 Å². The van der Waals surface area contributed by atoms with Crippen LogP contribution in [0, 0.1) is 11.7 Å². The Labute approximate surface area is 174 Å². The van der Waals surface area contributed by atoms with Gasteiger partial charge in [-0.15, -0.1) is 0 Å². The van der Waals surface area contributed by atoms with E-state index in [1.807, 2.05) is 12.1 Å². The van der Waals surface area contributed by atoms with E-state index in [9.17, 15) is 14.0 Å². The first kappa shape index (κ1) is 19.1. The van der Waals surface area contributed by atoms with Gasteiger partial charge in [0.15, 0.2) is 0 Å². The minimum Gasteiger partial charge on any atom is -0.444 e. The standard InChI is InChI=1S/C23H24FN3O3/c1-25(23(29)30-20-14-26-11-9-15(20)10-12-26)19-4-2-3-16-13-27(22(28)21(16)19)18-7-5-17(24)6-8-18/h2-8,15,20H,9-14H2,1H3/t20-/m0/s1. The van der Waals surface area contributed by atoms with Crippen molar-refractivity contribution in [1.82, 2.24) is 4.90 Å². The summed E-state index contributed by atoms with van der Waals surface area (Å²) in [6.07, 6.45) is 1.60. The van der Waals surface area contributed by atoms with E-state index in [-0.39, 0.29) is 17.8 Å². The average Bonchev–Trinajstić information content (AvgIpc) is 3.11. The summed E-state index contributed by atoms with van der Waals surface area (Å²) in [5.74, 6) is -0.127. The average molecular weight is 409 g/mol. The van der Waals surface area contributed by atoms with E-state index in [0.717, 1.165) is 38.0 Å². The van der Waals surface area contributed by atoms with Crippen molar-refractivity contribution in [3.05, 3.63) is 59.4 Å². The molecule has 156 valence electrons. The van der Waals surface area contributed by atoms with Gasteiger partial charge in [-0.3, -0.25) is 14.6 Å². The molecule has 0 unspecified atom stereocenters. The molecule has 6 nitrogen and oxygen atoms in total. The van der Waals surface area contributed by atoms with E-state index in [1.54, 1.807) is 30.1 Å². The Morgan fingerprint density at radius 3 is 2.53 bits per heavy atom. The van der Waals surface area contributed by atoms with Crippen molar-refractivity contribution >= 4 is 23.4 Å². The molecule has 0 aliphatic carbocycles. The number of hydrogen-bond donors (Lipinski definition) is 0. The summed E-state index contributed by atoms with van der Waals surface area (Å²) in [5, 5.41) is 0. The summed E-state index contributed by atoms with van der Waals surface area (Å²) in [6, 6.07) is 11.3. The van der Waals surface area contributed by atoms with Gasteiger partial charge < -0.3 is 9.64 Å². The second kappa shape index (κ2) is 7.40. The van der Waals surface area contributed by atoms with Crippen LogP contribution in [0.3, 0.4) is 0 Å². The number of halogens is 1. The van der Waals surface area contributed by atoms with Gasteiger partial charge in [0.05, 0.1) is 17.8 Å². The molecular formula is C23H24FN3O3. The maximum absolute atomic E-state index is 13.3. The van der Waals surface area contributed by atoms with Crippen LogP contribution in [0.25, 0.3) is 0 Å². The van der Waals surface area contributed by atoms with Crippen LogP contribution >= 0.6 is 0 Å². The number of amides is 2. The Hall–Kier alpha value is -2.93. The van der Waals surface area contributed by atoms with E-state index in [0.29, 0.717) is 29.4 Å². The third-order valence-corrected chi connectivity index (χ3v) is 6.54. The maximum atomic E-state index is 13.3. The van der Waals surface area contributed by atoms with Crippen molar-refractivity contribution in [3.8, 4) is 0 Å². The molecule has 3 fully saturated rings. The monoisotopic (exact) mass is 409 g/mol. The third-order valence-electron chi connectivity index (χ3n) is 6.54. The van der Waals surface area contributed by atoms with Crippen LogP contribution in [0.5, 0.6) is 0 Å². The van der Waals surface area contributed by atoms with Crippen LogP contribution in [-0.2, 0) is 11.3 Å². The molecule has 2 amide bonds. The van der Waals surface area contributed by atoms with Gasteiger partial charge in [-0.25, -0.2) is 9.18 Å². The molecule has 0 aromatic heterocycles. The van der Waals surface area contributed by atoms with Gasteiger partial charge in [0, 0.05) is 19.3 Å². The molecule has 3 saturated heterocycles. The van der Waals surface area contributed by atoms with Crippen molar-refractivity contribution < 1.29 is 18.7 Å². The Morgan fingerprint density at radius 2 is 1.87 bits per heavy atom. The van der Waals surface area contributed by atoms with Crippen LogP contribution < -0.4 is 9.80 Å². The van der Waals surface area contributed by atoms with Gasteiger partial charge >= 0.3 is 6.09 Å². The van der Waals surface area contributed by atoms with E-state index in [4.69, 9.17) is 4.74 Å². The topological polar surface area (TPSA) is 53.1 Å². The van der Waals surface area contributed by atoms with Crippen LogP contribution in [0.15, 0.2) is 42.5 Å². The molecule has 0 saturated carbocycles. The van der Waals surface area contributed by atoms with Crippen LogP contribution in [0.4, 0.5) is 20.6 Å². The number of piperidine rings is 3. The molecule has 4 aliphatic heterocycles. The SMILES string of the molecule is CN(C(=O)O[C@H]1CN2CCC1CC2)c1cccc2c1C(=O)N(c1ccc(F)cc1)C2. The Kier molecular flexibility index (Phi) is 4.70. The summed E-state index contributed by atoms with van der Waals surface area (Å²) in [5.41, 5.74) is 2.49. The summed E-state index contributed by atoms with van der Waals surface area (Å²) >= 11 is 0. The third kappa shape index (κ3) is 3.23. The lowest BCUT2D eigenvalue weighted by atomic mass is 9.86. The number of rotatable bonds is 3. The van der Waals surface area contributed by atoms with Crippen molar-refractivity contribution in [3.63, 3.8) is 0 Å². The van der Waals surface area contributed by atoms with E-state index in [1.165, 1.54) is 17.0 Å². The molecule has 7 heteroatoms. The van der Waals surface area contributed by atoms with Gasteiger partial charge in [-0.05, 0) is 67.7 Å². The van der Waals surface area contributed by atoms with Gasteiger partial charge in [0.1, 0.15) is 11.9 Å². The zero-order chi connectivity index (χ0) is 20.8. The highest BCUT2D eigenvalue weighted by Gasteiger charge is 2.38. The molecule has 0 radical (unpaired) electrons. The molecule has 4 aliphatic rings. The van der Waals surface area contributed by atoms with Crippen molar-refractivity contribution in [2.24, 2.45) is 5.92 Å². The molecule has 4 heterocycles. The van der Waals surface area contributed by atoms with Crippen molar-refractivity contribution in [1.29, 1.82) is 0 Å². The minimum absolute atomic E-state index is 0.0920. The molecule has 6 rings (SSSR count). The van der Waals surface area contributed by atoms with E-state index < -0.39 is 6.09 Å². The lowest BCUT2D eigenvalue weighted by Gasteiger charge is -2.44. The summed E-state index contributed by atoms with van der Waals surface area (Å²) in [7, 11) is 1.65. The molecule has 2 aromatic rings. The molecule has 0 spiro atoms. The largest absolute Gasteiger partial charge is 0.444 e. The summed E-state index contributed by atoms with van der Waals surface area (Å²) in [4.78, 5) is 31.4. The number of carbonyl (C=O) groups excluding carboxylic acids is 2. The van der Waals surface area contributed by atoms with Crippen LogP contribution in [0.1, 0.15) is 28.8 Å². The molecular weight excluding hydrogens is 385 g/mol. The first-order chi connectivity index (χ1) is 14.5. The number of fused-ring (bicyclic) bond motifs is 4. The number of benzene rings is 2. The van der Waals surface area contributed by atoms with Gasteiger partial charge in [0.2, 0.25) is 0 Å². The first-order valence-electron chi connectivity index (χ1n) is 10.4. The fourth-order valence-electron chi connectivity index (χ4n) is 4.80. The number of ether oxygens (including phenoxy) is 1. The molecule has 2 aromatic carbocycles. The van der Waals surface area contributed by atoms with E-state index >= 15 is 0 Å². The Bertz CT molecular complexity index is 986. The van der Waals surface area contributed by atoms with Crippen LogP contribution in [-0.4, -0.2) is 49.7 Å². The smallest absolute Gasteiger partial charge is 0.414 e. The van der Waals surface area contributed by atoms with Gasteiger partial charge in [-0.1, -0.05) is 12.1 Å². The Morgan fingerprint density at radius 1 is 1.13 bits per heavy atom. The van der Waals surface area contributed by atoms with Crippen molar-refractivity contribution in [2.45, 2.75) is 25.5 Å². The van der Waals surface area contributed by atoms with Crippen molar-refractivity contribution in [2.75, 3.05) is 36.5 Å². The predicted molar refractivity (Wildman–Crippen MR) is 111 cm³/mol. The number of hydrogen-bond acceptors (Lipinski definition) is 4. The normalized spacial score (nSPS) is 24.7. The number of nitrogens with zero attached hydrogens (tertiary/aromatic N) is 3. The lowest BCUT2D eigenvalue weighted by Crippen LogP contribution is -2.52. The zero-order valence-corrected chi connectivity index (χ0v) is 16.9. The fourth-order valence-corrected chi connectivity index (χ4v) is 4.80. The molecule has 1 atom stereocenters. The quantitative estimate of drug-likeness (QED) is 0.777. The van der Waals surface area contributed by atoms with E-state index in [2.05, 4.69) is 4.90 Å². The molecule has 0 N–H and O–H groups in total. The summed E-state index contributed by atoms with van der Waals surface area (Å²) in [6.45, 7) is 3.33. The predicted octanol–water partition coefficient (Wildman–Crippen LogP) is 3.65. The Balaban J connectivity index is 1.36. The van der Waals surface area contributed by atoms with Crippen LogP contribution in [0.2, 0.25) is 0 Å². The summed E-state index contributed by atoms with van der Waals surface area (Å²) < 4.78 is 19.1.